The van der Waals surface area contributed by atoms with Gasteiger partial charge in [0, 0.05) is 17.8 Å². The van der Waals surface area contributed by atoms with Crippen LogP contribution in [0.25, 0.3) is 0 Å². The maximum absolute atomic E-state index is 6.40. The molecule has 9 aromatic carbocycles. The van der Waals surface area contributed by atoms with Crippen molar-refractivity contribution in [2.45, 2.75) is 113 Å². The molecule has 101 heavy (non-hydrogen) atoms. The second kappa shape index (κ2) is 46.1. The lowest BCUT2D eigenvalue weighted by Crippen LogP contribution is -2.45. The summed E-state index contributed by atoms with van der Waals surface area (Å²) < 4.78 is 37.8. The number of ether oxygens (including phenoxy) is 6. The molecule has 11 heteroatoms. The van der Waals surface area contributed by atoms with Gasteiger partial charge in [-0.15, -0.1) is 23.5 Å². The average Bonchev–Trinajstić information content (AvgIpc) is 0.778. The van der Waals surface area contributed by atoms with Crippen LogP contribution >= 0.6 is 23.5 Å². The first kappa shape index (κ1) is 78.5. The zero-order valence-electron chi connectivity index (χ0n) is 60.3. The quantitative estimate of drug-likeness (QED) is 0.0193. The molecule has 0 spiro atoms. The molecule has 0 bridgehead atoms. The molecule has 0 aliphatic rings. The van der Waals surface area contributed by atoms with E-state index in [1.165, 1.54) is 50.1 Å². The van der Waals surface area contributed by atoms with Gasteiger partial charge in [0.1, 0.15) is 13.6 Å². The molecule has 0 fully saturated rings. The van der Waals surface area contributed by atoms with Crippen LogP contribution in [-0.2, 0) is 45.0 Å². The Morgan fingerprint density at radius 3 is 0.604 bits per heavy atom. The number of benzene rings is 9. The van der Waals surface area contributed by atoms with Gasteiger partial charge in [-0.2, -0.15) is 0 Å². The summed E-state index contributed by atoms with van der Waals surface area (Å²) in [5.74, 6) is 2.13. The molecule has 0 aliphatic heterocycles. The third-order valence-corrected chi connectivity index (χ3v) is 20.3. The van der Waals surface area contributed by atoms with E-state index in [9.17, 15) is 0 Å². The fourth-order valence-electron chi connectivity index (χ4n) is 14.4. The fraction of sp³-hybridized carbons (Fsp3) is 0.400. The molecule has 3 N–H and O–H groups in total. The lowest BCUT2D eigenvalue weighted by atomic mass is 9.77. The number of nitrogens with one attached hydrogen (secondary N) is 3. The van der Waals surface area contributed by atoms with Gasteiger partial charge in [0.2, 0.25) is 0 Å². The van der Waals surface area contributed by atoms with Crippen molar-refractivity contribution in [3.63, 3.8) is 0 Å². The molecule has 536 valence electrons. The van der Waals surface area contributed by atoms with Crippen LogP contribution < -0.4 is 16.0 Å². The number of unbranched alkanes of at least 4 members (excludes halogenated alkanes) is 9. The Balaban J connectivity index is 0.745. The van der Waals surface area contributed by atoms with E-state index in [2.05, 4.69) is 301 Å². The Bertz CT molecular complexity index is 3050. The van der Waals surface area contributed by atoms with Gasteiger partial charge >= 0.3 is 0 Å². The van der Waals surface area contributed by atoms with E-state index in [1.807, 2.05) is 0 Å². The second-order valence-electron chi connectivity index (χ2n) is 26.8. The first-order valence-corrected chi connectivity index (χ1v) is 40.1. The molecule has 2 unspecified atom stereocenters. The van der Waals surface area contributed by atoms with Crippen molar-refractivity contribution in [3.8, 4) is 0 Å². The van der Waals surface area contributed by atoms with E-state index in [4.69, 9.17) is 28.4 Å². The summed E-state index contributed by atoms with van der Waals surface area (Å²) in [6.07, 6.45) is 20.6. The number of hydrogen-bond donors (Lipinski definition) is 3. The van der Waals surface area contributed by atoms with Crippen LogP contribution in [0, 0.1) is 17.8 Å². The summed E-state index contributed by atoms with van der Waals surface area (Å²) in [6, 6.07) is 98.1. The van der Waals surface area contributed by atoms with Crippen molar-refractivity contribution >= 4 is 23.5 Å². The maximum Gasteiger partial charge on any atom is 0.146 e. The first-order chi connectivity index (χ1) is 50.1. The Labute approximate surface area is 615 Å². The molecule has 0 heterocycles. The Hall–Kier alpha value is -6.68. The van der Waals surface area contributed by atoms with Gasteiger partial charge in [-0.3, -0.25) is 16.0 Å². The smallest absolute Gasteiger partial charge is 0.146 e. The predicted molar refractivity (Wildman–Crippen MR) is 424 cm³/mol. The summed E-state index contributed by atoms with van der Waals surface area (Å²) in [7, 11) is 0. The standard InChI is InChI=1S/C90H113N3O6S2/c1-100-74-98-70-77(43-19-4-7-40-64-92-89(82-51-27-12-28-52-82,83-53-29-13-30-54-83)84-55-31-14-32-56-84)68-96-72-94-66-76(42-18-3-6-39-63-91-88(79-45-21-9-22-46-79,80-47-23-10-24-48-80)81-49-25-11-26-50-81)67-95-73-97-69-78(71-99-75-101-2)44-20-5-8-41-65-93-90(85-57-33-15-34-58-85,86-59-35-16-36-60-86)87-61-37-17-38-62-87/h9-17,21-38,45-62,76-78,91-93H,3-8,18-20,39-44,63-75H2,1-2H3. The first-order valence-electron chi connectivity index (χ1n) is 37.3. The van der Waals surface area contributed by atoms with E-state index in [-0.39, 0.29) is 19.5 Å². The summed E-state index contributed by atoms with van der Waals surface area (Å²) in [5.41, 5.74) is 9.80. The average molecular weight is 1400 g/mol. The van der Waals surface area contributed by atoms with E-state index in [0.717, 1.165) is 116 Å². The minimum absolute atomic E-state index is 0.198. The minimum Gasteiger partial charge on any atom is -0.370 e. The lowest BCUT2D eigenvalue weighted by molar-refractivity contribution is -0.107. The van der Waals surface area contributed by atoms with Gasteiger partial charge in [-0.05, 0) is 121 Å². The van der Waals surface area contributed by atoms with Crippen molar-refractivity contribution < 1.29 is 28.4 Å². The van der Waals surface area contributed by atoms with Gasteiger partial charge in [0.25, 0.3) is 0 Å². The maximum atomic E-state index is 6.40. The summed E-state index contributed by atoms with van der Waals surface area (Å²) in [6.45, 7) is 6.83. The second-order valence-corrected chi connectivity index (χ2v) is 28.4. The zero-order chi connectivity index (χ0) is 69.8. The third kappa shape index (κ3) is 24.5. The van der Waals surface area contributed by atoms with Gasteiger partial charge in [0.15, 0.2) is 0 Å². The highest BCUT2D eigenvalue weighted by atomic mass is 32.2. The van der Waals surface area contributed by atoms with Crippen molar-refractivity contribution in [3.05, 3.63) is 323 Å². The Kier molecular flexibility index (Phi) is 35.8. The normalized spacial score (nSPS) is 12.9. The summed E-state index contributed by atoms with van der Waals surface area (Å²) in [4.78, 5) is 0. The molecule has 2 atom stereocenters. The van der Waals surface area contributed by atoms with E-state index < -0.39 is 16.6 Å². The highest BCUT2D eigenvalue weighted by Gasteiger charge is 2.38. The van der Waals surface area contributed by atoms with Crippen molar-refractivity contribution in [2.75, 3.05) is 97.3 Å². The van der Waals surface area contributed by atoms with Crippen LogP contribution in [0.3, 0.4) is 0 Å². The molecule has 0 amide bonds. The van der Waals surface area contributed by atoms with Crippen molar-refractivity contribution in [1.29, 1.82) is 0 Å². The molecule has 9 aromatic rings. The Morgan fingerprint density at radius 2 is 0.416 bits per heavy atom. The molecule has 0 saturated carbocycles. The van der Waals surface area contributed by atoms with Crippen LogP contribution in [0.4, 0.5) is 0 Å². The van der Waals surface area contributed by atoms with Crippen molar-refractivity contribution in [1.82, 2.24) is 16.0 Å². The van der Waals surface area contributed by atoms with Crippen LogP contribution in [0.2, 0.25) is 0 Å². The fourth-order valence-corrected chi connectivity index (χ4v) is 14.9. The van der Waals surface area contributed by atoms with Crippen molar-refractivity contribution in [2.24, 2.45) is 17.8 Å². The van der Waals surface area contributed by atoms with Gasteiger partial charge in [-0.1, -0.05) is 331 Å². The van der Waals surface area contributed by atoms with Crippen LogP contribution in [-0.4, -0.2) is 97.3 Å². The van der Waals surface area contributed by atoms with E-state index in [1.54, 1.807) is 23.5 Å². The highest BCUT2D eigenvalue weighted by Crippen LogP contribution is 2.40. The van der Waals surface area contributed by atoms with Gasteiger partial charge in [-0.25, -0.2) is 0 Å². The molecule has 0 aliphatic carbocycles. The van der Waals surface area contributed by atoms with Crippen LogP contribution in [0.1, 0.15) is 146 Å². The number of hydrogen-bond acceptors (Lipinski definition) is 11. The monoisotopic (exact) mass is 1400 g/mol. The molecule has 9 rings (SSSR count). The molecular formula is C90H113N3O6S2. The highest BCUT2D eigenvalue weighted by molar-refractivity contribution is 7.98. The lowest BCUT2D eigenvalue weighted by Gasteiger charge is -2.37. The molecule has 0 radical (unpaired) electrons. The molecule has 0 saturated heterocycles. The largest absolute Gasteiger partial charge is 0.370 e. The molecule has 9 nitrogen and oxygen atoms in total. The van der Waals surface area contributed by atoms with E-state index >= 15 is 0 Å². The third-order valence-electron chi connectivity index (χ3n) is 19.5. The zero-order valence-corrected chi connectivity index (χ0v) is 61.9. The predicted octanol–water partition coefficient (Wildman–Crippen LogP) is 20.1. The number of thioether (sulfide) groups is 2. The molecule has 0 aromatic heterocycles. The molecular weight excluding hydrogens is 1280 g/mol. The van der Waals surface area contributed by atoms with Crippen LogP contribution in [0.15, 0.2) is 273 Å². The van der Waals surface area contributed by atoms with Gasteiger partial charge in [0.05, 0.1) is 68.1 Å². The minimum atomic E-state index is -0.471. The Morgan fingerprint density at radius 1 is 0.238 bits per heavy atom. The summed E-state index contributed by atoms with van der Waals surface area (Å²) >= 11 is 3.43. The van der Waals surface area contributed by atoms with Gasteiger partial charge < -0.3 is 28.4 Å². The topological polar surface area (TPSA) is 91.5 Å². The SMILES string of the molecule is CSCOCC(CCCCCCNC(c1ccccc1)(c1ccccc1)c1ccccc1)COCOCC(CCCCCCNC(c1ccccc1)(c1ccccc1)c1ccccc1)COCOCC(CCCCCCNC(c1ccccc1)(c1ccccc1)c1ccccc1)COCSC. The summed E-state index contributed by atoms with van der Waals surface area (Å²) in [5, 5.41) is 12.2. The number of rotatable bonds is 53. The van der Waals surface area contributed by atoms with Crippen LogP contribution in [0.5, 0.6) is 0 Å². The van der Waals surface area contributed by atoms with E-state index in [0.29, 0.717) is 63.4 Å².